The fourth-order valence-corrected chi connectivity index (χ4v) is 2.68. The molecule has 124 valence electrons. The Bertz CT molecular complexity index is 832. The van der Waals surface area contributed by atoms with Crippen molar-refractivity contribution in [3.05, 3.63) is 65.2 Å². The predicted octanol–water partition coefficient (Wildman–Crippen LogP) is 3.12. The van der Waals surface area contributed by atoms with E-state index in [1.165, 1.54) is 12.1 Å². The molecule has 4 nitrogen and oxygen atoms in total. The average molecular weight is 335 g/mol. The van der Waals surface area contributed by atoms with Crippen molar-refractivity contribution in [2.24, 2.45) is 0 Å². The summed E-state index contributed by atoms with van der Waals surface area (Å²) in [6.07, 6.45) is -5.22. The summed E-state index contributed by atoms with van der Waals surface area (Å²) in [4.78, 5) is 24.4. The molecule has 0 bridgehead atoms. The Hall–Kier alpha value is -2.67. The number of aliphatic hydroxyl groups is 1. The zero-order valence-electron chi connectivity index (χ0n) is 12.2. The van der Waals surface area contributed by atoms with Gasteiger partial charge in [0.15, 0.2) is 11.4 Å². The molecule has 2 aromatic rings. The number of halogens is 3. The molecule has 1 amide bonds. The second-order valence-corrected chi connectivity index (χ2v) is 5.54. The van der Waals surface area contributed by atoms with Crippen molar-refractivity contribution >= 4 is 17.4 Å². The summed E-state index contributed by atoms with van der Waals surface area (Å²) in [7, 11) is 0. The van der Waals surface area contributed by atoms with Crippen LogP contribution in [-0.4, -0.2) is 16.8 Å². The molecule has 0 unspecified atom stereocenters. The smallest absolute Gasteiger partial charge is 0.375 e. The summed E-state index contributed by atoms with van der Waals surface area (Å²) in [5.41, 5.74) is -2.66. The standard InChI is InChI=1S/C17H12F3NO3/c18-17(19,20)11-5-3-4-10(8-11)14(22)9-16(24)12-6-1-2-7-13(12)21-15(16)23/h1-8,24H,9H2,(H,21,23)/t16-/m1/s1. The van der Waals surface area contributed by atoms with E-state index in [1.807, 2.05) is 0 Å². The molecule has 0 spiro atoms. The van der Waals surface area contributed by atoms with E-state index in [-0.39, 0.29) is 11.1 Å². The van der Waals surface area contributed by atoms with Gasteiger partial charge in [-0.1, -0.05) is 30.3 Å². The molecular weight excluding hydrogens is 323 g/mol. The van der Waals surface area contributed by atoms with Gasteiger partial charge in [-0.3, -0.25) is 9.59 Å². The Balaban J connectivity index is 1.92. The third-order valence-corrected chi connectivity index (χ3v) is 3.92. The normalized spacial score (nSPS) is 19.8. The highest BCUT2D eigenvalue weighted by atomic mass is 19.4. The van der Waals surface area contributed by atoms with E-state index in [0.717, 1.165) is 12.1 Å². The van der Waals surface area contributed by atoms with Crippen LogP contribution in [0, 0.1) is 0 Å². The van der Waals surface area contributed by atoms with E-state index in [2.05, 4.69) is 5.32 Å². The average Bonchev–Trinajstić information content (AvgIpc) is 2.78. The molecule has 1 aliphatic rings. The maximum Gasteiger partial charge on any atom is 0.416 e. The lowest BCUT2D eigenvalue weighted by Crippen LogP contribution is -2.36. The molecule has 0 saturated carbocycles. The number of carbonyl (C=O) groups excluding carboxylic acids is 2. The van der Waals surface area contributed by atoms with Crippen LogP contribution in [0.3, 0.4) is 0 Å². The van der Waals surface area contributed by atoms with Gasteiger partial charge in [-0.2, -0.15) is 13.2 Å². The maximum absolute atomic E-state index is 12.7. The van der Waals surface area contributed by atoms with Crippen LogP contribution in [0.15, 0.2) is 48.5 Å². The van der Waals surface area contributed by atoms with Gasteiger partial charge in [0.2, 0.25) is 0 Å². The lowest BCUT2D eigenvalue weighted by atomic mass is 9.88. The van der Waals surface area contributed by atoms with Crippen LogP contribution in [0.25, 0.3) is 0 Å². The van der Waals surface area contributed by atoms with Gasteiger partial charge in [0.05, 0.1) is 12.0 Å². The highest BCUT2D eigenvalue weighted by Gasteiger charge is 2.46. The van der Waals surface area contributed by atoms with E-state index < -0.39 is 35.5 Å². The minimum absolute atomic E-state index is 0.213. The molecule has 1 atom stereocenters. The summed E-state index contributed by atoms with van der Waals surface area (Å²) in [5, 5.41) is 13.1. The molecule has 2 N–H and O–H groups in total. The molecule has 24 heavy (non-hydrogen) atoms. The van der Waals surface area contributed by atoms with E-state index in [9.17, 15) is 27.9 Å². The number of fused-ring (bicyclic) bond motifs is 1. The van der Waals surface area contributed by atoms with Crippen molar-refractivity contribution in [3.8, 4) is 0 Å². The number of alkyl halides is 3. The lowest BCUT2D eigenvalue weighted by molar-refractivity contribution is -0.137. The summed E-state index contributed by atoms with van der Waals surface area (Å²) >= 11 is 0. The van der Waals surface area contributed by atoms with Crippen LogP contribution < -0.4 is 5.32 Å². The Morgan fingerprint density at radius 3 is 2.54 bits per heavy atom. The summed E-state index contributed by atoms with van der Waals surface area (Å²) in [6, 6.07) is 10.2. The number of carbonyl (C=O) groups is 2. The number of nitrogens with one attached hydrogen (secondary N) is 1. The number of amides is 1. The molecule has 7 heteroatoms. The molecule has 0 fully saturated rings. The first-order chi connectivity index (χ1) is 11.2. The number of benzene rings is 2. The molecule has 1 aliphatic heterocycles. The largest absolute Gasteiger partial charge is 0.416 e. The second-order valence-electron chi connectivity index (χ2n) is 5.54. The van der Waals surface area contributed by atoms with Gasteiger partial charge >= 0.3 is 6.18 Å². The number of para-hydroxylation sites is 1. The summed E-state index contributed by atoms with van der Waals surface area (Å²) in [6.45, 7) is 0. The molecule has 0 aliphatic carbocycles. The highest BCUT2D eigenvalue weighted by molar-refractivity contribution is 6.09. The Labute approximate surface area is 134 Å². The molecular formula is C17H12F3NO3. The van der Waals surface area contributed by atoms with Gasteiger partial charge in [0, 0.05) is 16.8 Å². The van der Waals surface area contributed by atoms with Crippen molar-refractivity contribution in [2.45, 2.75) is 18.2 Å². The van der Waals surface area contributed by atoms with Crippen molar-refractivity contribution in [2.75, 3.05) is 5.32 Å². The first kappa shape index (κ1) is 16.2. The van der Waals surface area contributed by atoms with E-state index in [1.54, 1.807) is 18.2 Å². The zero-order chi connectivity index (χ0) is 17.5. The number of hydrogen-bond donors (Lipinski definition) is 2. The van der Waals surface area contributed by atoms with E-state index in [4.69, 9.17) is 0 Å². The molecule has 3 rings (SSSR count). The van der Waals surface area contributed by atoms with Crippen molar-refractivity contribution in [3.63, 3.8) is 0 Å². The number of Topliss-reactive ketones (excluding diaryl/α,β-unsaturated/α-hetero) is 1. The van der Waals surface area contributed by atoms with Crippen molar-refractivity contribution in [1.82, 2.24) is 0 Å². The van der Waals surface area contributed by atoms with Gasteiger partial charge in [0.25, 0.3) is 5.91 Å². The van der Waals surface area contributed by atoms with Crippen LogP contribution in [0.1, 0.15) is 27.9 Å². The van der Waals surface area contributed by atoms with Crippen LogP contribution in [0.4, 0.5) is 18.9 Å². The van der Waals surface area contributed by atoms with E-state index >= 15 is 0 Å². The Morgan fingerprint density at radius 1 is 1.12 bits per heavy atom. The lowest BCUT2D eigenvalue weighted by Gasteiger charge is -2.20. The second kappa shape index (κ2) is 5.45. The van der Waals surface area contributed by atoms with Crippen molar-refractivity contribution < 1.29 is 27.9 Å². The van der Waals surface area contributed by atoms with Gasteiger partial charge < -0.3 is 10.4 Å². The molecule has 0 aromatic heterocycles. The minimum atomic E-state index is -4.58. The first-order valence-corrected chi connectivity index (χ1v) is 7.05. The van der Waals surface area contributed by atoms with Gasteiger partial charge in [-0.25, -0.2) is 0 Å². The van der Waals surface area contributed by atoms with Gasteiger partial charge in [-0.05, 0) is 18.2 Å². The summed E-state index contributed by atoms with van der Waals surface area (Å²) < 4.78 is 38.2. The number of anilines is 1. The SMILES string of the molecule is O=C(C[C@]1(O)C(=O)Nc2ccccc21)c1cccc(C(F)(F)F)c1. The Kier molecular flexibility index (Phi) is 3.68. The van der Waals surface area contributed by atoms with Gasteiger partial charge in [-0.15, -0.1) is 0 Å². The third-order valence-electron chi connectivity index (χ3n) is 3.92. The van der Waals surface area contributed by atoms with Crippen molar-refractivity contribution in [1.29, 1.82) is 0 Å². The zero-order valence-corrected chi connectivity index (χ0v) is 12.2. The fraction of sp³-hybridized carbons (Fsp3) is 0.176. The molecule has 2 aromatic carbocycles. The van der Waals surface area contributed by atoms with Crippen LogP contribution >= 0.6 is 0 Å². The quantitative estimate of drug-likeness (QED) is 0.847. The number of hydrogen-bond acceptors (Lipinski definition) is 3. The Morgan fingerprint density at radius 2 is 1.83 bits per heavy atom. The number of ketones is 1. The van der Waals surface area contributed by atoms with E-state index in [0.29, 0.717) is 11.8 Å². The summed E-state index contributed by atoms with van der Waals surface area (Å²) in [5.74, 6) is -1.53. The van der Waals surface area contributed by atoms with Crippen LogP contribution in [-0.2, 0) is 16.6 Å². The number of rotatable bonds is 3. The highest BCUT2D eigenvalue weighted by Crippen LogP contribution is 2.39. The minimum Gasteiger partial charge on any atom is -0.375 e. The monoisotopic (exact) mass is 335 g/mol. The topological polar surface area (TPSA) is 66.4 Å². The fourth-order valence-electron chi connectivity index (χ4n) is 2.68. The first-order valence-electron chi connectivity index (χ1n) is 7.05. The predicted molar refractivity (Wildman–Crippen MR) is 79.4 cm³/mol. The molecule has 0 saturated heterocycles. The molecule has 1 heterocycles. The molecule has 0 radical (unpaired) electrons. The van der Waals surface area contributed by atoms with Crippen LogP contribution in [0.2, 0.25) is 0 Å². The third kappa shape index (κ3) is 2.67. The van der Waals surface area contributed by atoms with Crippen LogP contribution in [0.5, 0.6) is 0 Å². The van der Waals surface area contributed by atoms with Gasteiger partial charge in [0.1, 0.15) is 0 Å². The maximum atomic E-state index is 12.7.